The SMILES string of the molecule is COc1ccc2c(Cl)c(C(=O)OCC(=O)c3cc(C)ccc3C)sc2c1Cl. The van der Waals surface area contributed by atoms with Crippen LogP contribution in [0.1, 0.15) is 31.2 Å². The van der Waals surface area contributed by atoms with Crippen LogP contribution < -0.4 is 4.74 Å². The molecule has 3 rings (SSSR count). The smallest absolute Gasteiger partial charge is 0.350 e. The molecule has 0 aliphatic heterocycles. The summed E-state index contributed by atoms with van der Waals surface area (Å²) in [7, 11) is 1.51. The van der Waals surface area contributed by atoms with Crippen molar-refractivity contribution in [1.29, 1.82) is 0 Å². The minimum Gasteiger partial charge on any atom is -0.495 e. The molecule has 0 N–H and O–H groups in total. The summed E-state index contributed by atoms with van der Waals surface area (Å²) in [6, 6.07) is 8.99. The first-order valence-corrected chi connectivity index (χ1v) is 9.62. The van der Waals surface area contributed by atoms with Crippen molar-refractivity contribution in [2.45, 2.75) is 13.8 Å². The molecule has 0 atom stereocenters. The van der Waals surface area contributed by atoms with E-state index in [9.17, 15) is 9.59 Å². The second-order valence-electron chi connectivity index (χ2n) is 6.02. The Morgan fingerprint density at radius 1 is 1.07 bits per heavy atom. The van der Waals surface area contributed by atoms with Gasteiger partial charge in [-0.05, 0) is 37.6 Å². The number of rotatable bonds is 5. The van der Waals surface area contributed by atoms with E-state index in [-0.39, 0.29) is 22.3 Å². The largest absolute Gasteiger partial charge is 0.495 e. The standard InChI is InChI=1S/C20H16Cl2O4S/c1-10-4-5-11(2)13(8-10)14(23)9-26-20(24)19-16(21)12-6-7-15(25-3)17(22)18(12)27-19/h4-8H,9H2,1-3H3. The number of fused-ring (bicyclic) bond motifs is 1. The molecular weight excluding hydrogens is 407 g/mol. The van der Waals surface area contributed by atoms with Gasteiger partial charge in [-0.1, -0.05) is 40.9 Å². The van der Waals surface area contributed by atoms with Gasteiger partial charge >= 0.3 is 5.97 Å². The minimum atomic E-state index is -0.658. The van der Waals surface area contributed by atoms with Gasteiger partial charge in [0.1, 0.15) is 15.6 Å². The molecule has 0 saturated heterocycles. The fourth-order valence-electron chi connectivity index (χ4n) is 2.68. The van der Waals surface area contributed by atoms with E-state index >= 15 is 0 Å². The fourth-order valence-corrected chi connectivity index (χ4v) is 4.46. The van der Waals surface area contributed by atoms with Crippen molar-refractivity contribution < 1.29 is 19.1 Å². The Morgan fingerprint density at radius 2 is 1.81 bits per heavy atom. The van der Waals surface area contributed by atoms with Crippen LogP contribution in [0.15, 0.2) is 30.3 Å². The van der Waals surface area contributed by atoms with Gasteiger partial charge < -0.3 is 9.47 Å². The van der Waals surface area contributed by atoms with Gasteiger partial charge in [-0.15, -0.1) is 11.3 Å². The van der Waals surface area contributed by atoms with E-state index in [1.54, 1.807) is 18.2 Å². The molecule has 0 unspecified atom stereocenters. The van der Waals surface area contributed by atoms with Crippen molar-refractivity contribution in [2.24, 2.45) is 0 Å². The third-order valence-corrected chi connectivity index (χ3v) is 6.33. The van der Waals surface area contributed by atoms with Crippen LogP contribution in [0.25, 0.3) is 10.1 Å². The molecule has 1 aromatic heterocycles. The van der Waals surface area contributed by atoms with Crippen molar-refractivity contribution in [3.05, 3.63) is 61.9 Å². The number of carbonyl (C=O) groups is 2. The number of hydrogen-bond donors (Lipinski definition) is 0. The van der Waals surface area contributed by atoms with Crippen molar-refractivity contribution in [2.75, 3.05) is 13.7 Å². The molecule has 140 valence electrons. The zero-order valence-corrected chi connectivity index (χ0v) is 17.2. The highest BCUT2D eigenvalue weighted by Crippen LogP contribution is 2.43. The topological polar surface area (TPSA) is 52.6 Å². The number of Topliss-reactive ketones (excluding diaryl/α,β-unsaturated/α-hetero) is 1. The van der Waals surface area contributed by atoms with Crippen LogP contribution in [0.2, 0.25) is 10.0 Å². The van der Waals surface area contributed by atoms with Crippen molar-refractivity contribution in [3.8, 4) is 5.75 Å². The van der Waals surface area contributed by atoms with Gasteiger partial charge in [-0.2, -0.15) is 0 Å². The highest BCUT2D eigenvalue weighted by atomic mass is 35.5. The predicted octanol–water partition coefficient (Wildman–Crippen LogP) is 5.87. The van der Waals surface area contributed by atoms with Crippen molar-refractivity contribution in [3.63, 3.8) is 0 Å². The molecule has 0 aliphatic carbocycles. The van der Waals surface area contributed by atoms with Crippen LogP contribution in [0.5, 0.6) is 5.75 Å². The molecule has 7 heteroatoms. The van der Waals surface area contributed by atoms with Gasteiger partial charge in [0.2, 0.25) is 5.78 Å². The predicted molar refractivity (Wildman–Crippen MR) is 109 cm³/mol. The number of esters is 1. The molecule has 0 radical (unpaired) electrons. The monoisotopic (exact) mass is 422 g/mol. The third kappa shape index (κ3) is 3.81. The van der Waals surface area contributed by atoms with E-state index in [0.717, 1.165) is 22.5 Å². The summed E-state index contributed by atoms with van der Waals surface area (Å²) in [5.41, 5.74) is 2.34. The maximum absolute atomic E-state index is 12.5. The molecule has 2 aromatic carbocycles. The molecule has 0 fully saturated rings. The van der Waals surface area contributed by atoms with E-state index < -0.39 is 5.97 Å². The lowest BCUT2D eigenvalue weighted by molar-refractivity contribution is 0.0479. The number of thiophene rings is 1. The first-order valence-electron chi connectivity index (χ1n) is 8.05. The Hall–Kier alpha value is -2.08. The van der Waals surface area contributed by atoms with Gasteiger partial charge in [0.15, 0.2) is 6.61 Å². The second-order valence-corrected chi connectivity index (χ2v) is 7.80. The van der Waals surface area contributed by atoms with Gasteiger partial charge in [-0.25, -0.2) is 4.79 Å². The van der Waals surface area contributed by atoms with Crippen LogP contribution in [-0.2, 0) is 4.74 Å². The molecule has 4 nitrogen and oxygen atoms in total. The van der Waals surface area contributed by atoms with Crippen molar-refractivity contribution >= 4 is 56.4 Å². The zero-order chi connectivity index (χ0) is 19.7. The van der Waals surface area contributed by atoms with Gasteiger partial charge in [-0.3, -0.25) is 4.79 Å². The first-order chi connectivity index (χ1) is 12.8. The van der Waals surface area contributed by atoms with Crippen LogP contribution in [0.3, 0.4) is 0 Å². The van der Waals surface area contributed by atoms with Gasteiger partial charge in [0, 0.05) is 10.9 Å². The highest BCUT2D eigenvalue weighted by Gasteiger charge is 2.22. The molecule has 3 aromatic rings. The third-order valence-electron chi connectivity index (χ3n) is 4.13. The summed E-state index contributed by atoms with van der Waals surface area (Å²) in [6.07, 6.45) is 0. The highest BCUT2D eigenvalue weighted by molar-refractivity contribution is 7.22. The lowest BCUT2D eigenvalue weighted by Crippen LogP contribution is -2.15. The Balaban J connectivity index is 1.82. The van der Waals surface area contributed by atoms with E-state index in [1.807, 2.05) is 26.0 Å². The van der Waals surface area contributed by atoms with Crippen LogP contribution >= 0.6 is 34.5 Å². The number of ether oxygens (including phenoxy) is 2. The molecule has 0 saturated carbocycles. The Labute approximate surface area is 170 Å². The Bertz CT molecular complexity index is 1060. The molecule has 0 aliphatic rings. The summed E-state index contributed by atoms with van der Waals surface area (Å²) in [4.78, 5) is 25.1. The number of carbonyl (C=O) groups excluding carboxylic acids is 2. The lowest BCUT2D eigenvalue weighted by Gasteiger charge is -2.07. The summed E-state index contributed by atoms with van der Waals surface area (Å²) in [5.74, 6) is -0.427. The summed E-state index contributed by atoms with van der Waals surface area (Å²) in [5, 5.41) is 1.27. The molecule has 0 spiro atoms. The number of methoxy groups -OCH3 is 1. The minimum absolute atomic E-state index is 0.204. The van der Waals surface area contributed by atoms with Crippen LogP contribution in [-0.4, -0.2) is 25.5 Å². The number of aryl methyl sites for hydroxylation is 2. The second kappa shape index (κ2) is 7.89. The number of halogens is 2. The zero-order valence-electron chi connectivity index (χ0n) is 14.9. The lowest BCUT2D eigenvalue weighted by atomic mass is 10.0. The average Bonchev–Trinajstić information content (AvgIpc) is 2.99. The maximum atomic E-state index is 12.5. The number of hydrogen-bond acceptors (Lipinski definition) is 5. The van der Waals surface area contributed by atoms with Crippen LogP contribution in [0, 0.1) is 13.8 Å². The van der Waals surface area contributed by atoms with Gasteiger partial charge in [0.25, 0.3) is 0 Å². The number of ketones is 1. The van der Waals surface area contributed by atoms with Crippen LogP contribution in [0.4, 0.5) is 0 Å². The quantitative estimate of drug-likeness (QED) is 0.380. The van der Waals surface area contributed by atoms with E-state index in [2.05, 4.69) is 0 Å². The maximum Gasteiger partial charge on any atom is 0.350 e. The normalized spacial score (nSPS) is 10.9. The Kier molecular flexibility index (Phi) is 5.75. The van der Waals surface area contributed by atoms with E-state index in [1.165, 1.54) is 7.11 Å². The molecule has 0 bridgehead atoms. The molecule has 27 heavy (non-hydrogen) atoms. The molecule has 1 heterocycles. The average molecular weight is 423 g/mol. The van der Waals surface area contributed by atoms with E-state index in [0.29, 0.717) is 26.4 Å². The molecule has 0 amide bonds. The van der Waals surface area contributed by atoms with Gasteiger partial charge in [0.05, 0.1) is 16.8 Å². The fraction of sp³-hybridized carbons (Fsp3) is 0.200. The van der Waals surface area contributed by atoms with Crippen molar-refractivity contribution in [1.82, 2.24) is 0 Å². The number of benzene rings is 2. The van der Waals surface area contributed by atoms with E-state index in [4.69, 9.17) is 32.7 Å². The summed E-state index contributed by atoms with van der Waals surface area (Å²) >= 11 is 13.7. The summed E-state index contributed by atoms with van der Waals surface area (Å²) in [6.45, 7) is 3.38. The summed E-state index contributed by atoms with van der Waals surface area (Å²) < 4.78 is 11.0. The molecular formula is C20H16Cl2O4S. The Morgan fingerprint density at radius 3 is 2.52 bits per heavy atom. The first kappa shape index (κ1) is 19.7.